The maximum atomic E-state index is 11.5. The zero-order valence-corrected chi connectivity index (χ0v) is 16.1. The Bertz CT molecular complexity index is 254. The van der Waals surface area contributed by atoms with Crippen LogP contribution in [0.5, 0.6) is 0 Å². The van der Waals surface area contributed by atoms with E-state index in [0.29, 0.717) is 13.0 Å². The lowest BCUT2D eigenvalue weighted by molar-refractivity contribution is -0.143. The Morgan fingerprint density at radius 2 is 1.22 bits per heavy atom. The summed E-state index contributed by atoms with van der Waals surface area (Å²) in [7, 11) is 4.07. The molecule has 0 saturated carbocycles. The molecule has 0 N–H and O–H groups in total. The molecular formula is C20H41NO2. The molecule has 0 heterocycles. The van der Waals surface area contributed by atoms with Crippen LogP contribution in [0.1, 0.15) is 96.8 Å². The molecule has 0 rings (SSSR count). The highest BCUT2D eigenvalue weighted by Crippen LogP contribution is 2.12. The van der Waals surface area contributed by atoms with Gasteiger partial charge in [-0.15, -0.1) is 0 Å². The van der Waals surface area contributed by atoms with Gasteiger partial charge in [-0.2, -0.15) is 0 Å². The molecule has 0 fully saturated rings. The van der Waals surface area contributed by atoms with E-state index in [1.807, 2.05) is 14.1 Å². The molecule has 0 saturated heterocycles. The lowest BCUT2D eigenvalue weighted by atomic mass is 10.0. The summed E-state index contributed by atoms with van der Waals surface area (Å²) in [5, 5.41) is 0. The van der Waals surface area contributed by atoms with Gasteiger partial charge in [0.2, 0.25) is 0 Å². The third-order valence-corrected chi connectivity index (χ3v) is 4.25. The quantitative estimate of drug-likeness (QED) is 0.258. The van der Waals surface area contributed by atoms with Gasteiger partial charge in [-0.3, -0.25) is 4.79 Å². The van der Waals surface area contributed by atoms with Gasteiger partial charge in [-0.05, 0) is 26.9 Å². The summed E-state index contributed by atoms with van der Waals surface area (Å²) < 4.78 is 5.23. The largest absolute Gasteiger partial charge is 0.466 e. The molecule has 0 aromatic heterocycles. The van der Waals surface area contributed by atoms with Crippen molar-refractivity contribution in [1.82, 2.24) is 4.90 Å². The van der Waals surface area contributed by atoms with Gasteiger partial charge < -0.3 is 9.64 Å². The minimum absolute atomic E-state index is 0.0177. The maximum Gasteiger partial charge on any atom is 0.305 e. The summed E-state index contributed by atoms with van der Waals surface area (Å²) in [6.45, 7) is 3.81. The topological polar surface area (TPSA) is 29.5 Å². The third-order valence-electron chi connectivity index (χ3n) is 4.25. The molecule has 138 valence electrons. The van der Waals surface area contributed by atoms with Crippen molar-refractivity contribution in [3.05, 3.63) is 0 Å². The summed E-state index contributed by atoms with van der Waals surface area (Å²) in [4.78, 5) is 13.6. The lowest BCUT2D eigenvalue weighted by Crippen LogP contribution is -2.16. The van der Waals surface area contributed by atoms with Gasteiger partial charge in [0.1, 0.15) is 0 Å². The molecule has 0 bridgehead atoms. The van der Waals surface area contributed by atoms with Crippen LogP contribution in [-0.2, 0) is 9.53 Å². The first-order chi connectivity index (χ1) is 11.2. The van der Waals surface area contributed by atoms with Crippen molar-refractivity contribution < 1.29 is 9.53 Å². The molecule has 0 aliphatic carbocycles. The molecule has 0 radical (unpaired) electrons. The second-order valence-electron chi connectivity index (χ2n) is 7.02. The molecule has 0 atom stereocenters. The van der Waals surface area contributed by atoms with Crippen molar-refractivity contribution in [2.24, 2.45) is 0 Å². The SMILES string of the molecule is CCCCCCCCCCCCCCC(=O)OCCCN(C)C. The molecule has 0 unspecified atom stereocenters. The molecule has 3 heteroatoms. The Morgan fingerprint density at radius 3 is 1.70 bits per heavy atom. The Hall–Kier alpha value is -0.570. The van der Waals surface area contributed by atoms with Crippen molar-refractivity contribution in [2.75, 3.05) is 27.2 Å². The fourth-order valence-electron chi connectivity index (χ4n) is 2.75. The number of ether oxygens (including phenoxy) is 1. The first kappa shape index (κ1) is 22.4. The van der Waals surface area contributed by atoms with Crippen LogP contribution < -0.4 is 0 Å². The number of hydrogen-bond acceptors (Lipinski definition) is 3. The van der Waals surface area contributed by atoms with Crippen LogP contribution in [-0.4, -0.2) is 38.1 Å². The monoisotopic (exact) mass is 327 g/mol. The average molecular weight is 328 g/mol. The molecule has 0 aliphatic rings. The minimum atomic E-state index is -0.0177. The van der Waals surface area contributed by atoms with Crippen molar-refractivity contribution in [2.45, 2.75) is 96.8 Å². The van der Waals surface area contributed by atoms with E-state index in [-0.39, 0.29) is 5.97 Å². The Labute approximate surface area is 145 Å². The smallest absolute Gasteiger partial charge is 0.305 e. The average Bonchev–Trinajstić information content (AvgIpc) is 2.52. The molecule has 0 aromatic carbocycles. The zero-order chi connectivity index (χ0) is 17.2. The van der Waals surface area contributed by atoms with Gasteiger partial charge in [0, 0.05) is 13.0 Å². The van der Waals surface area contributed by atoms with Gasteiger partial charge in [0.15, 0.2) is 0 Å². The number of carbonyl (C=O) groups excluding carboxylic acids is 1. The summed E-state index contributed by atoms with van der Waals surface area (Å²) in [5.41, 5.74) is 0. The first-order valence-electron chi connectivity index (χ1n) is 9.97. The van der Waals surface area contributed by atoms with E-state index in [9.17, 15) is 4.79 Å². The molecule has 0 aromatic rings. The number of unbranched alkanes of at least 4 members (excludes halogenated alkanes) is 11. The van der Waals surface area contributed by atoms with Crippen molar-refractivity contribution >= 4 is 5.97 Å². The highest BCUT2D eigenvalue weighted by molar-refractivity contribution is 5.69. The van der Waals surface area contributed by atoms with Crippen molar-refractivity contribution in [3.8, 4) is 0 Å². The van der Waals surface area contributed by atoms with E-state index in [4.69, 9.17) is 4.74 Å². The van der Waals surface area contributed by atoms with Gasteiger partial charge in [0.25, 0.3) is 0 Å². The first-order valence-corrected chi connectivity index (χ1v) is 9.97. The lowest BCUT2D eigenvalue weighted by Gasteiger charge is -2.09. The number of esters is 1. The van der Waals surface area contributed by atoms with E-state index >= 15 is 0 Å². The van der Waals surface area contributed by atoms with Crippen LogP contribution in [0.4, 0.5) is 0 Å². The van der Waals surface area contributed by atoms with Crippen LogP contribution in [0.25, 0.3) is 0 Å². The van der Waals surface area contributed by atoms with E-state index in [1.165, 1.54) is 70.6 Å². The van der Waals surface area contributed by atoms with Crippen molar-refractivity contribution in [1.29, 1.82) is 0 Å². The van der Waals surface area contributed by atoms with Crippen LogP contribution in [0, 0.1) is 0 Å². The Morgan fingerprint density at radius 1 is 0.739 bits per heavy atom. The number of hydrogen-bond donors (Lipinski definition) is 0. The summed E-state index contributed by atoms with van der Waals surface area (Å²) >= 11 is 0. The van der Waals surface area contributed by atoms with Crippen molar-refractivity contribution in [3.63, 3.8) is 0 Å². The fraction of sp³-hybridized carbons (Fsp3) is 0.950. The second-order valence-corrected chi connectivity index (χ2v) is 7.02. The fourth-order valence-corrected chi connectivity index (χ4v) is 2.75. The highest BCUT2D eigenvalue weighted by atomic mass is 16.5. The summed E-state index contributed by atoms with van der Waals surface area (Å²) in [6, 6.07) is 0. The summed E-state index contributed by atoms with van der Waals surface area (Å²) in [5.74, 6) is -0.0177. The Kier molecular flexibility index (Phi) is 17.3. The van der Waals surface area contributed by atoms with Gasteiger partial charge in [-0.25, -0.2) is 0 Å². The van der Waals surface area contributed by atoms with Crippen LogP contribution >= 0.6 is 0 Å². The van der Waals surface area contributed by atoms with E-state index in [0.717, 1.165) is 19.4 Å². The molecule has 23 heavy (non-hydrogen) atoms. The molecule has 0 spiro atoms. The normalized spacial score (nSPS) is 11.1. The zero-order valence-electron chi connectivity index (χ0n) is 16.1. The molecular weight excluding hydrogens is 286 g/mol. The Balaban J connectivity index is 3.13. The van der Waals surface area contributed by atoms with E-state index in [2.05, 4.69) is 11.8 Å². The van der Waals surface area contributed by atoms with Crippen LogP contribution in [0.2, 0.25) is 0 Å². The van der Waals surface area contributed by atoms with E-state index < -0.39 is 0 Å². The number of carbonyl (C=O) groups is 1. The molecule has 0 aliphatic heterocycles. The van der Waals surface area contributed by atoms with Gasteiger partial charge in [-0.1, -0.05) is 77.6 Å². The van der Waals surface area contributed by atoms with Crippen LogP contribution in [0.15, 0.2) is 0 Å². The number of nitrogens with zero attached hydrogens (tertiary/aromatic N) is 1. The number of rotatable bonds is 17. The predicted molar refractivity (Wildman–Crippen MR) is 99.8 cm³/mol. The predicted octanol–water partition coefficient (Wildman–Crippen LogP) is 5.57. The van der Waals surface area contributed by atoms with Gasteiger partial charge >= 0.3 is 5.97 Å². The molecule has 3 nitrogen and oxygen atoms in total. The molecule has 0 amide bonds. The minimum Gasteiger partial charge on any atom is -0.466 e. The highest BCUT2D eigenvalue weighted by Gasteiger charge is 2.02. The standard InChI is InChI=1S/C20H41NO2/c1-4-5-6-7-8-9-10-11-12-13-14-15-17-20(22)23-19-16-18-21(2)3/h4-19H2,1-3H3. The summed E-state index contributed by atoms with van der Waals surface area (Å²) in [6.07, 6.45) is 17.4. The van der Waals surface area contributed by atoms with Crippen LogP contribution in [0.3, 0.4) is 0 Å². The van der Waals surface area contributed by atoms with E-state index in [1.54, 1.807) is 0 Å². The maximum absolute atomic E-state index is 11.5. The third kappa shape index (κ3) is 19.4. The second kappa shape index (κ2) is 17.8. The van der Waals surface area contributed by atoms with Gasteiger partial charge in [0.05, 0.1) is 6.61 Å².